The molecule has 2 heterocycles. The summed E-state index contributed by atoms with van der Waals surface area (Å²) in [5, 5.41) is -0.465. The summed E-state index contributed by atoms with van der Waals surface area (Å²) in [5.41, 5.74) is 6.70. The van der Waals surface area contributed by atoms with Gasteiger partial charge in [0.15, 0.2) is 5.82 Å². The molecule has 142 valence electrons. The van der Waals surface area contributed by atoms with Gasteiger partial charge in [-0.3, -0.25) is 0 Å². The lowest BCUT2D eigenvalue weighted by atomic mass is 9.94. The largest absolute Gasteiger partial charge is 0.418 e. The Labute approximate surface area is 163 Å². The lowest BCUT2D eigenvalue weighted by Crippen LogP contribution is -2.10. The van der Waals surface area contributed by atoms with Gasteiger partial charge in [0, 0.05) is 17.4 Å². The molecule has 4 nitrogen and oxygen atoms in total. The van der Waals surface area contributed by atoms with Crippen LogP contribution in [0.15, 0.2) is 60.9 Å². The van der Waals surface area contributed by atoms with Crippen LogP contribution in [0.25, 0.3) is 33.9 Å². The number of rotatable bonds is 3. The van der Waals surface area contributed by atoms with E-state index in [1.807, 2.05) is 0 Å². The number of aromatic amines is 2. The van der Waals surface area contributed by atoms with Gasteiger partial charge in [-0.15, -0.1) is 0 Å². The first-order chi connectivity index (χ1) is 13.4. The van der Waals surface area contributed by atoms with E-state index in [2.05, 4.69) is 15.0 Å². The van der Waals surface area contributed by atoms with Crippen molar-refractivity contribution in [2.75, 3.05) is 5.73 Å². The molecule has 0 aliphatic carbocycles. The molecule has 0 saturated heterocycles. The second kappa shape index (κ2) is 6.76. The summed E-state index contributed by atoms with van der Waals surface area (Å²) in [6, 6.07) is 13.1. The fraction of sp³-hybridized carbons (Fsp3) is 0.0500. The molecule has 28 heavy (non-hydrogen) atoms. The summed E-state index contributed by atoms with van der Waals surface area (Å²) < 4.78 is 41.7. The van der Waals surface area contributed by atoms with E-state index >= 15 is 0 Å². The van der Waals surface area contributed by atoms with Crippen LogP contribution in [0.3, 0.4) is 0 Å². The molecule has 0 amide bonds. The monoisotopic (exact) mass is 402 g/mol. The topological polar surface area (TPSA) is 70.5 Å². The van der Waals surface area contributed by atoms with E-state index < -0.39 is 16.8 Å². The highest BCUT2D eigenvalue weighted by molar-refractivity contribution is 6.35. The molecule has 0 spiro atoms. The van der Waals surface area contributed by atoms with Crippen molar-refractivity contribution in [2.45, 2.75) is 6.18 Å². The van der Waals surface area contributed by atoms with Crippen LogP contribution in [0.2, 0.25) is 5.02 Å². The number of nitrogens with zero attached hydrogens (tertiary/aromatic N) is 1. The smallest absolute Gasteiger partial charge is 0.398 e. The van der Waals surface area contributed by atoms with Gasteiger partial charge in [-0.25, -0.2) is 4.98 Å². The number of benzene rings is 2. The number of hydrogen-bond donors (Lipinski definition) is 3. The van der Waals surface area contributed by atoms with Crippen LogP contribution in [-0.2, 0) is 6.18 Å². The standard InChI is InChI=1S/C20H14ClF3N4/c21-18-16(15-10-27-19(28-15)14-7-4-8-26-14)13(25)9-12(17(18)20(22,23)24)11-5-2-1-3-6-11/h1-10,26H,25H2,(H,27,28). The first kappa shape index (κ1) is 18.2. The summed E-state index contributed by atoms with van der Waals surface area (Å²) in [6.07, 6.45) is -1.53. The average molecular weight is 403 g/mol. The number of alkyl halides is 3. The van der Waals surface area contributed by atoms with E-state index in [1.54, 1.807) is 48.7 Å². The van der Waals surface area contributed by atoms with Crippen molar-refractivity contribution in [3.63, 3.8) is 0 Å². The SMILES string of the molecule is Nc1cc(-c2ccccc2)c(C(F)(F)F)c(Cl)c1-c1cnc(-c2ccc[nH]2)[nH]1. The van der Waals surface area contributed by atoms with Gasteiger partial charge >= 0.3 is 6.18 Å². The molecular formula is C20H14ClF3N4. The Morgan fingerprint density at radius 3 is 2.39 bits per heavy atom. The van der Waals surface area contributed by atoms with Gasteiger partial charge in [0.1, 0.15) is 0 Å². The zero-order valence-corrected chi connectivity index (χ0v) is 15.1. The molecule has 0 fully saturated rings. The van der Waals surface area contributed by atoms with E-state index in [0.29, 0.717) is 22.8 Å². The molecular weight excluding hydrogens is 389 g/mol. The van der Waals surface area contributed by atoms with Gasteiger partial charge < -0.3 is 15.7 Å². The Morgan fingerprint density at radius 1 is 1.00 bits per heavy atom. The molecule has 4 N–H and O–H groups in total. The van der Waals surface area contributed by atoms with Crippen molar-refractivity contribution in [2.24, 2.45) is 0 Å². The minimum atomic E-state index is -4.66. The zero-order valence-electron chi connectivity index (χ0n) is 14.3. The van der Waals surface area contributed by atoms with Crippen LogP contribution in [0.4, 0.5) is 18.9 Å². The van der Waals surface area contributed by atoms with E-state index in [0.717, 1.165) is 0 Å². The number of hydrogen-bond acceptors (Lipinski definition) is 2. The summed E-state index contributed by atoms with van der Waals surface area (Å²) >= 11 is 6.27. The molecule has 2 aromatic heterocycles. The van der Waals surface area contributed by atoms with Crippen LogP contribution in [0.5, 0.6) is 0 Å². The van der Waals surface area contributed by atoms with Crippen molar-refractivity contribution in [1.82, 2.24) is 15.0 Å². The Balaban J connectivity index is 1.93. The Kier molecular flexibility index (Phi) is 4.39. The second-order valence-electron chi connectivity index (χ2n) is 6.17. The molecule has 0 aliphatic heterocycles. The van der Waals surface area contributed by atoms with E-state index in [1.165, 1.54) is 12.3 Å². The maximum Gasteiger partial charge on any atom is 0.418 e. The highest BCUT2D eigenvalue weighted by Gasteiger charge is 2.38. The van der Waals surface area contributed by atoms with Gasteiger partial charge in [-0.2, -0.15) is 13.2 Å². The number of aromatic nitrogens is 3. The van der Waals surface area contributed by atoms with Gasteiger partial charge in [0.05, 0.1) is 28.2 Å². The lowest BCUT2D eigenvalue weighted by molar-refractivity contribution is -0.136. The number of halogens is 4. The van der Waals surface area contributed by atoms with Gasteiger partial charge in [0.25, 0.3) is 0 Å². The minimum absolute atomic E-state index is 0.0662. The quantitative estimate of drug-likeness (QED) is 0.368. The van der Waals surface area contributed by atoms with Crippen molar-refractivity contribution < 1.29 is 13.2 Å². The van der Waals surface area contributed by atoms with Crippen LogP contribution in [-0.4, -0.2) is 15.0 Å². The zero-order chi connectivity index (χ0) is 19.9. The third-order valence-corrected chi connectivity index (χ3v) is 4.74. The second-order valence-corrected chi connectivity index (χ2v) is 6.55. The maximum atomic E-state index is 13.9. The fourth-order valence-corrected chi connectivity index (χ4v) is 3.55. The molecule has 0 saturated carbocycles. The maximum absolute atomic E-state index is 13.9. The predicted octanol–water partition coefficient (Wildman–Crippen LogP) is 5.99. The van der Waals surface area contributed by atoms with Crippen LogP contribution < -0.4 is 5.73 Å². The van der Waals surface area contributed by atoms with E-state index in [9.17, 15) is 13.2 Å². The molecule has 8 heteroatoms. The predicted molar refractivity (Wildman–Crippen MR) is 104 cm³/mol. The molecule has 0 aliphatic rings. The van der Waals surface area contributed by atoms with Gasteiger partial charge in [-0.1, -0.05) is 41.9 Å². The van der Waals surface area contributed by atoms with Crippen molar-refractivity contribution in [1.29, 1.82) is 0 Å². The first-order valence-electron chi connectivity index (χ1n) is 8.30. The summed E-state index contributed by atoms with van der Waals surface area (Å²) in [7, 11) is 0. The summed E-state index contributed by atoms with van der Waals surface area (Å²) in [6.45, 7) is 0. The third kappa shape index (κ3) is 3.14. The molecule has 0 atom stereocenters. The third-order valence-electron chi connectivity index (χ3n) is 4.36. The molecule has 4 rings (SSSR count). The fourth-order valence-electron chi connectivity index (χ4n) is 3.13. The Hall–Kier alpha value is -3.19. The molecule has 0 bridgehead atoms. The number of nitrogen functional groups attached to an aromatic ring is 1. The van der Waals surface area contributed by atoms with Crippen LogP contribution in [0.1, 0.15) is 5.56 Å². The van der Waals surface area contributed by atoms with Crippen LogP contribution in [0, 0.1) is 0 Å². The Bertz CT molecular complexity index is 1120. The molecule has 0 radical (unpaired) electrons. The summed E-state index contributed by atoms with van der Waals surface area (Å²) in [4.78, 5) is 10.2. The highest BCUT2D eigenvalue weighted by atomic mass is 35.5. The molecule has 2 aromatic carbocycles. The number of nitrogens with two attached hydrogens (primary N) is 1. The lowest BCUT2D eigenvalue weighted by Gasteiger charge is -2.19. The number of H-pyrrole nitrogens is 2. The number of imidazole rings is 1. The molecule has 4 aromatic rings. The van der Waals surface area contributed by atoms with Crippen LogP contribution >= 0.6 is 11.6 Å². The average Bonchev–Trinajstić information content (AvgIpc) is 3.32. The minimum Gasteiger partial charge on any atom is -0.398 e. The van der Waals surface area contributed by atoms with Crippen molar-refractivity contribution in [3.05, 3.63) is 71.5 Å². The van der Waals surface area contributed by atoms with Crippen molar-refractivity contribution >= 4 is 17.3 Å². The van der Waals surface area contributed by atoms with Gasteiger partial charge in [-0.05, 0) is 29.3 Å². The number of nitrogens with one attached hydrogen (secondary N) is 2. The highest BCUT2D eigenvalue weighted by Crippen LogP contribution is 2.47. The van der Waals surface area contributed by atoms with E-state index in [4.69, 9.17) is 17.3 Å². The van der Waals surface area contributed by atoms with Crippen molar-refractivity contribution in [3.8, 4) is 33.9 Å². The molecule has 0 unspecified atom stereocenters. The van der Waals surface area contributed by atoms with E-state index in [-0.39, 0.29) is 16.8 Å². The first-order valence-corrected chi connectivity index (χ1v) is 8.68. The normalized spacial score (nSPS) is 11.7. The summed E-state index contributed by atoms with van der Waals surface area (Å²) in [5.74, 6) is 0.469. The Morgan fingerprint density at radius 2 is 1.75 bits per heavy atom. The van der Waals surface area contributed by atoms with Gasteiger partial charge in [0.2, 0.25) is 0 Å². The number of anilines is 1.